The van der Waals surface area contributed by atoms with Crippen LogP contribution < -0.4 is 19.1 Å². The minimum atomic E-state index is -0.826. The van der Waals surface area contributed by atoms with Crippen molar-refractivity contribution in [2.45, 2.75) is 63.0 Å². The third kappa shape index (κ3) is 4.90. The number of amides is 1. The van der Waals surface area contributed by atoms with E-state index in [0.717, 1.165) is 5.56 Å². The Labute approximate surface area is 233 Å². The highest BCUT2D eigenvalue weighted by molar-refractivity contribution is 6.05. The molecule has 3 aliphatic rings. The maximum Gasteiger partial charge on any atom is 0.270 e. The number of hydrogen-bond donors (Lipinski definition) is 0. The lowest BCUT2D eigenvalue weighted by atomic mass is 9.88. The molecule has 40 heavy (non-hydrogen) atoms. The number of methoxy groups -OCH3 is 2. The van der Waals surface area contributed by atoms with Crippen LogP contribution in [-0.4, -0.2) is 62.7 Å². The molecule has 1 amide bonds. The minimum absolute atomic E-state index is 0.203. The fraction of sp³-hybridized carbons (Fsp3) is 0.387. The van der Waals surface area contributed by atoms with E-state index in [2.05, 4.69) is 0 Å². The van der Waals surface area contributed by atoms with Gasteiger partial charge in [0.1, 0.15) is 30.1 Å². The van der Waals surface area contributed by atoms with Crippen LogP contribution in [0.15, 0.2) is 78.9 Å². The molecule has 0 saturated carbocycles. The van der Waals surface area contributed by atoms with Gasteiger partial charge in [-0.25, -0.2) is 0 Å². The van der Waals surface area contributed by atoms with Crippen molar-refractivity contribution in [2.24, 2.45) is 0 Å². The van der Waals surface area contributed by atoms with Gasteiger partial charge in [0.05, 0.1) is 20.8 Å². The van der Waals surface area contributed by atoms with E-state index in [9.17, 15) is 4.79 Å². The van der Waals surface area contributed by atoms with Crippen molar-refractivity contribution < 1.29 is 38.0 Å². The van der Waals surface area contributed by atoms with Gasteiger partial charge in [-0.2, -0.15) is 0 Å². The van der Waals surface area contributed by atoms with E-state index in [1.807, 2.05) is 80.6 Å². The SMILES string of the molecule is COc1ccc(N2C(=O)[C@@H](Oc3ccccc3)[C@H]2[C@H]2O[C@@H]3OC(C)(C)O[C@@H]3[C@H]2OCc2ccccc2)cc1OC. The summed E-state index contributed by atoms with van der Waals surface area (Å²) < 4.78 is 42.5. The van der Waals surface area contributed by atoms with Gasteiger partial charge in [-0.1, -0.05) is 48.5 Å². The summed E-state index contributed by atoms with van der Waals surface area (Å²) in [6, 6.07) is 24.0. The van der Waals surface area contributed by atoms with Gasteiger partial charge in [0.2, 0.25) is 6.10 Å². The molecule has 0 spiro atoms. The molecule has 0 N–H and O–H groups in total. The van der Waals surface area contributed by atoms with Gasteiger partial charge in [-0.3, -0.25) is 9.69 Å². The molecule has 0 aromatic heterocycles. The van der Waals surface area contributed by atoms with Crippen molar-refractivity contribution in [3.63, 3.8) is 0 Å². The monoisotopic (exact) mass is 547 g/mol. The molecule has 210 valence electrons. The number of hydrogen-bond acceptors (Lipinski definition) is 8. The Morgan fingerprint density at radius 3 is 2.25 bits per heavy atom. The fourth-order valence-electron chi connectivity index (χ4n) is 5.58. The smallest absolute Gasteiger partial charge is 0.270 e. The summed E-state index contributed by atoms with van der Waals surface area (Å²) in [5, 5.41) is 0. The number of para-hydroxylation sites is 1. The quantitative estimate of drug-likeness (QED) is 0.366. The van der Waals surface area contributed by atoms with Gasteiger partial charge in [0, 0.05) is 11.8 Å². The number of β-lactam (4-membered cyclic amide) rings is 1. The lowest BCUT2D eigenvalue weighted by Gasteiger charge is -2.49. The number of nitrogens with zero attached hydrogens (tertiary/aromatic N) is 1. The zero-order chi connectivity index (χ0) is 27.9. The van der Waals surface area contributed by atoms with E-state index in [-0.39, 0.29) is 5.91 Å². The number of anilines is 1. The Morgan fingerprint density at radius 1 is 0.850 bits per heavy atom. The molecule has 3 aliphatic heterocycles. The zero-order valence-electron chi connectivity index (χ0n) is 22.9. The number of benzene rings is 3. The van der Waals surface area contributed by atoms with Gasteiger partial charge in [-0.15, -0.1) is 0 Å². The zero-order valence-corrected chi connectivity index (χ0v) is 22.9. The number of rotatable bonds is 9. The highest BCUT2D eigenvalue weighted by Crippen LogP contribution is 2.45. The van der Waals surface area contributed by atoms with E-state index in [1.54, 1.807) is 31.3 Å². The predicted molar refractivity (Wildman–Crippen MR) is 145 cm³/mol. The fourth-order valence-corrected chi connectivity index (χ4v) is 5.58. The molecule has 0 aliphatic carbocycles. The van der Waals surface area contributed by atoms with Crippen molar-refractivity contribution >= 4 is 11.6 Å². The van der Waals surface area contributed by atoms with Crippen LogP contribution in [0, 0.1) is 0 Å². The van der Waals surface area contributed by atoms with Crippen molar-refractivity contribution in [3.8, 4) is 17.2 Å². The van der Waals surface area contributed by atoms with Crippen LogP contribution in [0.25, 0.3) is 0 Å². The van der Waals surface area contributed by atoms with Gasteiger partial charge in [0.25, 0.3) is 5.91 Å². The highest BCUT2D eigenvalue weighted by atomic mass is 16.8. The molecule has 0 radical (unpaired) electrons. The van der Waals surface area contributed by atoms with Gasteiger partial charge < -0.3 is 33.2 Å². The molecular weight excluding hydrogens is 514 g/mol. The summed E-state index contributed by atoms with van der Waals surface area (Å²) in [5.74, 6) is 0.630. The summed E-state index contributed by atoms with van der Waals surface area (Å²) >= 11 is 0. The minimum Gasteiger partial charge on any atom is -0.493 e. The van der Waals surface area contributed by atoms with Crippen molar-refractivity contribution in [1.82, 2.24) is 0 Å². The summed E-state index contributed by atoms with van der Waals surface area (Å²) in [6.07, 6.45) is -3.08. The van der Waals surface area contributed by atoms with Crippen molar-refractivity contribution in [3.05, 3.63) is 84.4 Å². The number of carbonyl (C=O) groups is 1. The molecule has 3 saturated heterocycles. The van der Waals surface area contributed by atoms with E-state index >= 15 is 0 Å². The maximum absolute atomic E-state index is 13.7. The molecule has 3 heterocycles. The molecule has 9 heteroatoms. The second kappa shape index (κ2) is 10.7. The van der Waals surface area contributed by atoms with Crippen LogP contribution in [0.3, 0.4) is 0 Å². The molecular formula is C31H33NO8. The van der Waals surface area contributed by atoms with Crippen LogP contribution >= 0.6 is 0 Å². The number of ether oxygens (including phenoxy) is 7. The van der Waals surface area contributed by atoms with Crippen LogP contribution in [0.5, 0.6) is 17.2 Å². The number of fused-ring (bicyclic) bond motifs is 1. The maximum atomic E-state index is 13.7. The van der Waals surface area contributed by atoms with Crippen LogP contribution in [-0.2, 0) is 30.3 Å². The van der Waals surface area contributed by atoms with Gasteiger partial charge >= 0.3 is 0 Å². The van der Waals surface area contributed by atoms with E-state index in [0.29, 0.717) is 29.5 Å². The molecule has 0 bridgehead atoms. The van der Waals surface area contributed by atoms with E-state index in [4.69, 9.17) is 33.2 Å². The summed E-state index contributed by atoms with van der Waals surface area (Å²) in [4.78, 5) is 15.4. The first-order valence-corrected chi connectivity index (χ1v) is 13.3. The summed E-state index contributed by atoms with van der Waals surface area (Å²) in [7, 11) is 3.13. The Morgan fingerprint density at radius 2 is 1.55 bits per heavy atom. The Kier molecular flexibility index (Phi) is 7.14. The average molecular weight is 548 g/mol. The van der Waals surface area contributed by atoms with Crippen LogP contribution in [0.2, 0.25) is 0 Å². The second-order valence-electron chi connectivity index (χ2n) is 10.4. The van der Waals surface area contributed by atoms with Crippen LogP contribution in [0.1, 0.15) is 19.4 Å². The van der Waals surface area contributed by atoms with Crippen LogP contribution in [0.4, 0.5) is 5.69 Å². The second-order valence-corrected chi connectivity index (χ2v) is 10.4. The van der Waals surface area contributed by atoms with Gasteiger partial charge in [0.15, 0.2) is 23.6 Å². The topological polar surface area (TPSA) is 84.9 Å². The predicted octanol–water partition coefficient (Wildman–Crippen LogP) is 4.33. The largest absolute Gasteiger partial charge is 0.493 e. The third-order valence-electron chi connectivity index (χ3n) is 7.39. The lowest BCUT2D eigenvalue weighted by molar-refractivity contribution is -0.226. The van der Waals surface area contributed by atoms with E-state index < -0.39 is 42.5 Å². The van der Waals surface area contributed by atoms with Gasteiger partial charge in [-0.05, 0) is 43.7 Å². The molecule has 3 fully saturated rings. The first-order valence-electron chi connectivity index (χ1n) is 13.3. The first kappa shape index (κ1) is 26.6. The third-order valence-corrected chi connectivity index (χ3v) is 7.39. The molecule has 9 nitrogen and oxygen atoms in total. The summed E-state index contributed by atoms with van der Waals surface area (Å²) in [6.45, 7) is 4.05. The lowest BCUT2D eigenvalue weighted by Crippen LogP contribution is -2.73. The normalized spacial score (nSPS) is 28.6. The van der Waals surface area contributed by atoms with Crippen molar-refractivity contribution in [1.29, 1.82) is 0 Å². The molecule has 3 aromatic carbocycles. The average Bonchev–Trinajstić information content (AvgIpc) is 3.44. The molecule has 3 aromatic rings. The van der Waals surface area contributed by atoms with Crippen molar-refractivity contribution in [2.75, 3.05) is 19.1 Å². The Hall–Kier alpha value is -3.63. The number of carbonyl (C=O) groups excluding carboxylic acids is 1. The molecule has 0 unspecified atom stereocenters. The summed E-state index contributed by atoms with van der Waals surface area (Å²) in [5.41, 5.74) is 1.64. The Bertz CT molecular complexity index is 1330. The first-order chi connectivity index (χ1) is 19.4. The molecule has 6 rings (SSSR count). The molecule has 6 atom stereocenters. The highest BCUT2D eigenvalue weighted by Gasteiger charge is 2.64. The van der Waals surface area contributed by atoms with E-state index in [1.165, 1.54) is 0 Å². The Balaban J connectivity index is 1.35. The standard InChI is InChI=1S/C31H33NO8/c1-31(2)39-28-27(36-18-19-11-7-5-8-12-19)25(38-30(28)40-31)24-26(37-21-13-9-6-10-14-21)29(33)32(24)20-15-16-22(34-3)23(17-20)35-4/h5-17,24-28,30H,18H2,1-4H3/t24-,25-,26+,27+,28-,30-/m1/s1.